The summed E-state index contributed by atoms with van der Waals surface area (Å²) >= 11 is 1.46. The Kier molecular flexibility index (Phi) is 7.58. The molecule has 0 saturated carbocycles. The fourth-order valence-electron chi connectivity index (χ4n) is 3.44. The van der Waals surface area contributed by atoms with E-state index in [1.807, 2.05) is 61.5 Å². The van der Waals surface area contributed by atoms with Gasteiger partial charge in [-0.05, 0) is 83.8 Å². The Morgan fingerprint density at radius 2 is 1.61 bits per heavy atom. The van der Waals surface area contributed by atoms with Crippen LogP contribution < -0.4 is 10.4 Å². The van der Waals surface area contributed by atoms with Crippen LogP contribution in [0.3, 0.4) is 0 Å². The Morgan fingerprint density at radius 3 is 2.22 bits per heavy atom. The lowest BCUT2D eigenvalue weighted by atomic mass is 10.2. The molecule has 0 spiro atoms. The van der Waals surface area contributed by atoms with Crippen LogP contribution >= 0.6 is 11.3 Å². The Morgan fingerprint density at radius 1 is 0.972 bits per heavy atom. The number of carbonyl (C=O) groups is 1. The van der Waals surface area contributed by atoms with Crippen molar-refractivity contribution >= 4 is 60.3 Å². The highest BCUT2D eigenvalue weighted by atomic mass is 32.2. The molecule has 0 radical (unpaired) electrons. The molecule has 0 aliphatic carbocycles. The summed E-state index contributed by atoms with van der Waals surface area (Å²) in [6, 6.07) is 21.3. The van der Waals surface area contributed by atoms with Gasteiger partial charge in [0.05, 0.1) is 22.0 Å². The maximum Gasteiger partial charge on any atom is 0.267 e. The molecule has 4 rings (SSSR count). The number of benzene rings is 3. The number of carbonyl (C=O) groups excluding carboxylic acids is 1. The minimum Gasteiger partial charge on any atom is -0.378 e. The predicted octanol–water partition coefficient (Wildman–Crippen LogP) is 5.88. The minimum absolute atomic E-state index is 0.143. The summed E-state index contributed by atoms with van der Waals surface area (Å²) in [6.45, 7) is 0. The molecule has 4 aromatic rings. The van der Waals surface area contributed by atoms with Gasteiger partial charge in [-0.25, -0.2) is 13.9 Å². The van der Waals surface area contributed by atoms with Gasteiger partial charge in [-0.1, -0.05) is 6.07 Å². The first-order valence-electron chi connectivity index (χ1n) is 10.9. The Hall–Kier alpha value is -3.86. The maximum absolute atomic E-state index is 13.0. The summed E-state index contributed by atoms with van der Waals surface area (Å²) in [5.74, 6) is -0.763. The van der Waals surface area contributed by atoms with Crippen molar-refractivity contribution in [3.05, 3.63) is 89.3 Å². The monoisotopic (exact) mass is 520 g/mol. The van der Waals surface area contributed by atoms with E-state index in [1.54, 1.807) is 29.8 Å². The maximum atomic E-state index is 13.0. The Balaban J connectivity index is 1.45. The summed E-state index contributed by atoms with van der Waals surface area (Å²) in [5.41, 5.74) is 4.53. The van der Waals surface area contributed by atoms with E-state index in [0.29, 0.717) is 16.9 Å². The zero-order valence-corrected chi connectivity index (χ0v) is 21.3. The molecule has 8 nitrogen and oxygen atoms in total. The Bertz CT molecular complexity index is 1540. The predicted molar refractivity (Wildman–Crippen MR) is 143 cm³/mol. The Labute approximate surface area is 213 Å². The van der Waals surface area contributed by atoms with Crippen molar-refractivity contribution < 1.29 is 18.4 Å². The SMILES string of the molecule is CN(C)c1ccc(N=Nc2ccc(S(=O)(=O)Cc3ccc4sc(/C=C/C(=O)NO)cc4c3)cc2)cc1. The fourth-order valence-corrected chi connectivity index (χ4v) is 5.72. The molecule has 1 aromatic heterocycles. The van der Waals surface area contributed by atoms with Gasteiger partial charge in [0.1, 0.15) is 0 Å². The second-order valence-electron chi connectivity index (χ2n) is 8.19. The quantitative estimate of drug-likeness (QED) is 0.131. The van der Waals surface area contributed by atoms with Crippen LogP contribution in [-0.2, 0) is 20.4 Å². The van der Waals surface area contributed by atoms with Gasteiger partial charge in [0.15, 0.2) is 9.84 Å². The molecule has 10 heteroatoms. The average Bonchev–Trinajstić information content (AvgIpc) is 3.28. The normalized spacial score (nSPS) is 12.0. The number of nitrogens with one attached hydrogen (secondary N) is 1. The van der Waals surface area contributed by atoms with Crippen molar-refractivity contribution in [2.24, 2.45) is 10.2 Å². The summed E-state index contributed by atoms with van der Waals surface area (Å²) in [4.78, 5) is 14.2. The number of anilines is 1. The number of azo groups is 1. The zero-order chi connectivity index (χ0) is 25.7. The first-order chi connectivity index (χ1) is 17.2. The molecule has 0 aliphatic rings. The molecule has 3 aromatic carbocycles. The van der Waals surface area contributed by atoms with Crippen LogP contribution in [0.25, 0.3) is 16.2 Å². The van der Waals surface area contributed by atoms with Gasteiger partial charge in [0.25, 0.3) is 5.91 Å². The molecule has 0 unspecified atom stereocenters. The number of amides is 1. The van der Waals surface area contributed by atoms with E-state index in [0.717, 1.165) is 20.7 Å². The number of hydroxylamine groups is 1. The minimum atomic E-state index is -3.57. The highest BCUT2D eigenvalue weighted by Gasteiger charge is 2.16. The third kappa shape index (κ3) is 6.22. The lowest BCUT2D eigenvalue weighted by Gasteiger charge is -2.11. The van der Waals surface area contributed by atoms with Crippen LogP contribution in [0.1, 0.15) is 10.4 Å². The van der Waals surface area contributed by atoms with E-state index in [2.05, 4.69) is 10.2 Å². The molecule has 0 fully saturated rings. The highest BCUT2D eigenvalue weighted by molar-refractivity contribution is 7.90. The smallest absolute Gasteiger partial charge is 0.267 e. The van der Waals surface area contributed by atoms with Crippen LogP contribution in [-0.4, -0.2) is 33.6 Å². The summed E-state index contributed by atoms with van der Waals surface area (Å²) in [6.07, 6.45) is 2.81. The van der Waals surface area contributed by atoms with Gasteiger partial charge < -0.3 is 4.90 Å². The van der Waals surface area contributed by atoms with Crippen LogP contribution in [0.4, 0.5) is 17.1 Å². The molecular weight excluding hydrogens is 496 g/mol. The zero-order valence-electron chi connectivity index (χ0n) is 19.6. The largest absolute Gasteiger partial charge is 0.378 e. The molecule has 36 heavy (non-hydrogen) atoms. The van der Waals surface area contributed by atoms with Gasteiger partial charge in [0.2, 0.25) is 0 Å². The first-order valence-corrected chi connectivity index (χ1v) is 13.4. The number of thiophene rings is 1. The van der Waals surface area contributed by atoms with E-state index in [9.17, 15) is 13.2 Å². The van der Waals surface area contributed by atoms with Crippen molar-refractivity contribution in [1.82, 2.24) is 5.48 Å². The van der Waals surface area contributed by atoms with Crippen LogP contribution in [0.2, 0.25) is 0 Å². The number of fused-ring (bicyclic) bond motifs is 1. The molecular formula is C26H24N4O4S2. The first kappa shape index (κ1) is 25.2. The van der Waals surface area contributed by atoms with E-state index in [4.69, 9.17) is 5.21 Å². The number of nitrogens with zero attached hydrogens (tertiary/aromatic N) is 3. The molecule has 2 N–H and O–H groups in total. The van der Waals surface area contributed by atoms with Gasteiger partial charge in [-0.2, -0.15) is 10.2 Å². The van der Waals surface area contributed by atoms with E-state index in [1.165, 1.54) is 29.5 Å². The molecule has 0 bridgehead atoms. The molecule has 0 saturated heterocycles. The van der Waals surface area contributed by atoms with Crippen molar-refractivity contribution in [2.45, 2.75) is 10.6 Å². The highest BCUT2D eigenvalue weighted by Crippen LogP contribution is 2.29. The summed E-state index contributed by atoms with van der Waals surface area (Å²) in [5, 5.41) is 17.9. The lowest BCUT2D eigenvalue weighted by molar-refractivity contribution is -0.124. The summed E-state index contributed by atoms with van der Waals surface area (Å²) < 4.78 is 27.0. The van der Waals surface area contributed by atoms with Gasteiger partial charge in [0, 0.05) is 35.4 Å². The van der Waals surface area contributed by atoms with Gasteiger partial charge in [-0.3, -0.25) is 10.0 Å². The molecule has 0 aliphatic heterocycles. The summed E-state index contributed by atoms with van der Waals surface area (Å²) in [7, 11) is 0.361. The standard InChI is InChI=1S/C26H24N4O4S2/c1-30(2)22-8-4-20(5-9-22)27-28-21-6-11-24(12-7-21)36(33,34)17-18-3-13-25-19(15-18)16-23(35-25)10-14-26(31)29-32/h3-16,32H,17H2,1-2H3,(H,29,31)/b14-10+,28-27?. The average molecular weight is 521 g/mol. The van der Waals surface area contributed by atoms with Crippen molar-refractivity contribution in [3.63, 3.8) is 0 Å². The van der Waals surface area contributed by atoms with Gasteiger partial charge >= 0.3 is 0 Å². The number of rotatable bonds is 8. The molecule has 1 heterocycles. The van der Waals surface area contributed by atoms with Crippen LogP contribution in [0.15, 0.2) is 94.0 Å². The van der Waals surface area contributed by atoms with Crippen LogP contribution in [0, 0.1) is 0 Å². The molecule has 184 valence electrons. The second-order valence-corrected chi connectivity index (χ2v) is 11.3. The molecule has 0 atom stereocenters. The van der Waals surface area contributed by atoms with Crippen molar-refractivity contribution in [1.29, 1.82) is 0 Å². The number of hydrogen-bond acceptors (Lipinski definition) is 8. The lowest BCUT2D eigenvalue weighted by Crippen LogP contribution is -2.14. The van der Waals surface area contributed by atoms with Crippen LogP contribution in [0.5, 0.6) is 0 Å². The third-order valence-electron chi connectivity index (χ3n) is 5.31. The van der Waals surface area contributed by atoms with E-state index >= 15 is 0 Å². The fraction of sp³-hybridized carbons (Fsp3) is 0.115. The topological polar surface area (TPSA) is 111 Å². The second kappa shape index (κ2) is 10.8. The molecule has 1 amide bonds. The van der Waals surface area contributed by atoms with E-state index in [-0.39, 0.29) is 10.6 Å². The number of hydrogen-bond donors (Lipinski definition) is 2. The number of sulfone groups is 1. The third-order valence-corrected chi connectivity index (χ3v) is 8.09. The van der Waals surface area contributed by atoms with Crippen molar-refractivity contribution in [2.75, 3.05) is 19.0 Å². The van der Waals surface area contributed by atoms with Crippen molar-refractivity contribution in [3.8, 4) is 0 Å². The van der Waals surface area contributed by atoms with Gasteiger partial charge in [-0.15, -0.1) is 11.3 Å². The van der Waals surface area contributed by atoms with E-state index < -0.39 is 15.7 Å².